The van der Waals surface area contributed by atoms with Crippen LogP contribution in [0.5, 0.6) is 11.5 Å². The summed E-state index contributed by atoms with van der Waals surface area (Å²) in [6, 6.07) is 6.68. The lowest BCUT2D eigenvalue weighted by Gasteiger charge is -2.08. The first-order valence-corrected chi connectivity index (χ1v) is 5.96. The number of carbonyl (C=O) groups is 1. The monoisotopic (exact) mass is 310 g/mol. The summed E-state index contributed by atoms with van der Waals surface area (Å²) in [6.45, 7) is 0. The molecule has 0 atom stereocenters. The van der Waals surface area contributed by atoms with E-state index >= 15 is 0 Å². The Morgan fingerprint density at radius 1 is 1.22 bits per heavy atom. The zero-order valence-corrected chi connectivity index (χ0v) is 11.5. The molecule has 1 aromatic heterocycles. The molecule has 18 heavy (non-hydrogen) atoms. The molecule has 0 spiro atoms. The van der Waals surface area contributed by atoms with E-state index in [-0.39, 0.29) is 11.5 Å². The van der Waals surface area contributed by atoms with E-state index in [1.165, 1.54) is 13.4 Å². The highest BCUT2D eigenvalue weighted by atomic mass is 79.9. The smallest absolute Gasteiger partial charge is 0.233 e. The van der Waals surface area contributed by atoms with Crippen LogP contribution < -0.4 is 9.47 Å². The molecule has 0 saturated carbocycles. The number of rotatable bonds is 4. The third-order valence-electron chi connectivity index (χ3n) is 2.48. The number of methoxy groups -OCH3 is 2. The lowest BCUT2D eigenvalue weighted by molar-refractivity contribution is 0.100. The van der Waals surface area contributed by atoms with E-state index in [1.807, 2.05) is 0 Å². The molecule has 0 aliphatic heterocycles. The minimum atomic E-state index is -0.244. The van der Waals surface area contributed by atoms with Crippen molar-refractivity contribution in [2.75, 3.05) is 14.2 Å². The molecule has 0 amide bonds. The Balaban J connectivity index is 2.45. The number of furan rings is 1. The van der Waals surface area contributed by atoms with Crippen LogP contribution in [0.1, 0.15) is 16.1 Å². The largest absolute Gasteiger partial charge is 0.497 e. The van der Waals surface area contributed by atoms with Crippen LogP contribution in [0, 0.1) is 0 Å². The van der Waals surface area contributed by atoms with E-state index in [2.05, 4.69) is 15.9 Å². The Bertz CT molecular complexity index is 574. The van der Waals surface area contributed by atoms with Gasteiger partial charge in [-0.15, -0.1) is 0 Å². The Labute approximate surface area is 113 Å². The van der Waals surface area contributed by atoms with E-state index in [0.29, 0.717) is 21.5 Å². The summed E-state index contributed by atoms with van der Waals surface area (Å²) in [5.74, 6) is 1.08. The van der Waals surface area contributed by atoms with Crippen molar-refractivity contribution in [1.82, 2.24) is 0 Å². The molecule has 0 bridgehead atoms. The van der Waals surface area contributed by atoms with Gasteiger partial charge in [-0.25, -0.2) is 0 Å². The topological polar surface area (TPSA) is 48.7 Å². The van der Waals surface area contributed by atoms with Crippen molar-refractivity contribution in [2.45, 2.75) is 0 Å². The number of halogens is 1. The van der Waals surface area contributed by atoms with Gasteiger partial charge in [0.05, 0.1) is 30.5 Å². The third kappa shape index (κ3) is 2.26. The number of ether oxygens (including phenoxy) is 2. The summed E-state index contributed by atoms with van der Waals surface area (Å²) in [7, 11) is 3.06. The van der Waals surface area contributed by atoms with E-state index in [9.17, 15) is 4.79 Å². The normalized spacial score (nSPS) is 10.2. The molecule has 0 radical (unpaired) electrons. The van der Waals surface area contributed by atoms with Gasteiger partial charge >= 0.3 is 0 Å². The molecule has 0 unspecified atom stereocenters. The van der Waals surface area contributed by atoms with Crippen LogP contribution in [0.2, 0.25) is 0 Å². The second kappa shape index (κ2) is 5.27. The second-order valence-electron chi connectivity index (χ2n) is 3.49. The van der Waals surface area contributed by atoms with Gasteiger partial charge in [0.2, 0.25) is 5.78 Å². The average Bonchev–Trinajstić information content (AvgIpc) is 2.83. The summed E-state index contributed by atoms with van der Waals surface area (Å²) in [6.07, 6.45) is 1.45. The van der Waals surface area contributed by atoms with Crippen molar-refractivity contribution in [1.29, 1.82) is 0 Å². The molecular formula is C13H11BrO4. The SMILES string of the molecule is COc1ccc(C(=O)c2occc2Br)c(OC)c1. The first-order chi connectivity index (χ1) is 8.67. The molecule has 5 heteroatoms. The van der Waals surface area contributed by atoms with E-state index in [4.69, 9.17) is 13.9 Å². The zero-order valence-electron chi connectivity index (χ0n) is 9.90. The van der Waals surface area contributed by atoms with Crippen molar-refractivity contribution in [3.63, 3.8) is 0 Å². The maximum Gasteiger partial charge on any atom is 0.233 e. The van der Waals surface area contributed by atoms with Crippen molar-refractivity contribution >= 4 is 21.7 Å². The average molecular weight is 311 g/mol. The number of hydrogen-bond acceptors (Lipinski definition) is 4. The van der Waals surface area contributed by atoms with Crippen molar-refractivity contribution in [3.8, 4) is 11.5 Å². The molecule has 0 aliphatic rings. The highest BCUT2D eigenvalue weighted by Gasteiger charge is 2.20. The van der Waals surface area contributed by atoms with Crippen molar-refractivity contribution in [2.24, 2.45) is 0 Å². The Morgan fingerprint density at radius 2 is 2.00 bits per heavy atom. The van der Waals surface area contributed by atoms with Crippen LogP contribution in [0.3, 0.4) is 0 Å². The Hall–Kier alpha value is -1.75. The highest BCUT2D eigenvalue weighted by molar-refractivity contribution is 9.10. The lowest BCUT2D eigenvalue weighted by atomic mass is 10.1. The fourth-order valence-corrected chi connectivity index (χ4v) is 1.95. The maximum absolute atomic E-state index is 12.3. The van der Waals surface area contributed by atoms with Crippen LogP contribution in [-0.4, -0.2) is 20.0 Å². The number of benzene rings is 1. The lowest BCUT2D eigenvalue weighted by Crippen LogP contribution is -2.03. The number of hydrogen-bond donors (Lipinski definition) is 0. The van der Waals surface area contributed by atoms with Gasteiger partial charge in [0.25, 0.3) is 0 Å². The molecule has 2 rings (SSSR count). The van der Waals surface area contributed by atoms with Crippen LogP contribution in [0.4, 0.5) is 0 Å². The first-order valence-electron chi connectivity index (χ1n) is 5.17. The Morgan fingerprint density at radius 3 is 2.56 bits per heavy atom. The fraction of sp³-hybridized carbons (Fsp3) is 0.154. The van der Waals surface area contributed by atoms with E-state index in [0.717, 1.165) is 0 Å². The minimum Gasteiger partial charge on any atom is -0.497 e. The number of carbonyl (C=O) groups excluding carboxylic acids is 1. The molecule has 2 aromatic rings. The molecule has 0 N–H and O–H groups in total. The summed E-state index contributed by atoms with van der Waals surface area (Å²) >= 11 is 3.26. The predicted octanol–water partition coefficient (Wildman–Crippen LogP) is 3.29. The second-order valence-corrected chi connectivity index (χ2v) is 4.35. The van der Waals surface area contributed by atoms with Crippen LogP contribution >= 0.6 is 15.9 Å². The van der Waals surface area contributed by atoms with Crippen LogP contribution in [0.15, 0.2) is 39.4 Å². The minimum absolute atomic E-state index is 0.244. The third-order valence-corrected chi connectivity index (χ3v) is 3.10. The molecule has 94 valence electrons. The van der Waals surface area contributed by atoms with Gasteiger partial charge in [-0.1, -0.05) is 0 Å². The Kier molecular flexibility index (Phi) is 3.72. The molecule has 1 aromatic carbocycles. The molecule has 1 heterocycles. The molecule has 4 nitrogen and oxygen atoms in total. The standard InChI is InChI=1S/C13H11BrO4/c1-16-8-3-4-9(11(7-8)17-2)12(15)13-10(14)5-6-18-13/h3-7H,1-2H3. The quantitative estimate of drug-likeness (QED) is 0.813. The molecule has 0 aliphatic carbocycles. The van der Waals surface area contributed by atoms with E-state index in [1.54, 1.807) is 31.4 Å². The molecular weight excluding hydrogens is 300 g/mol. The molecule has 0 saturated heterocycles. The highest BCUT2D eigenvalue weighted by Crippen LogP contribution is 2.29. The maximum atomic E-state index is 12.3. The van der Waals surface area contributed by atoms with E-state index < -0.39 is 0 Å². The first kappa shape index (κ1) is 12.7. The van der Waals surface area contributed by atoms with Gasteiger partial charge in [-0.3, -0.25) is 4.79 Å². The molecule has 0 fully saturated rings. The fourth-order valence-electron chi connectivity index (χ4n) is 1.56. The summed E-state index contributed by atoms with van der Waals surface area (Å²) in [5, 5.41) is 0. The van der Waals surface area contributed by atoms with Crippen molar-refractivity contribution < 1.29 is 18.7 Å². The summed E-state index contributed by atoms with van der Waals surface area (Å²) < 4.78 is 16.0. The van der Waals surface area contributed by atoms with Gasteiger partial charge < -0.3 is 13.9 Å². The van der Waals surface area contributed by atoms with Gasteiger partial charge in [0.1, 0.15) is 11.5 Å². The van der Waals surface area contributed by atoms with Gasteiger partial charge in [0, 0.05) is 6.07 Å². The van der Waals surface area contributed by atoms with Crippen LogP contribution in [-0.2, 0) is 0 Å². The van der Waals surface area contributed by atoms with Crippen LogP contribution in [0.25, 0.3) is 0 Å². The summed E-state index contributed by atoms with van der Waals surface area (Å²) in [5.41, 5.74) is 0.425. The zero-order chi connectivity index (χ0) is 13.1. The predicted molar refractivity (Wildman–Crippen MR) is 69.4 cm³/mol. The number of ketones is 1. The van der Waals surface area contributed by atoms with Crippen molar-refractivity contribution in [3.05, 3.63) is 46.3 Å². The summed E-state index contributed by atoms with van der Waals surface area (Å²) in [4.78, 5) is 12.3. The van der Waals surface area contributed by atoms with Gasteiger partial charge in [-0.2, -0.15) is 0 Å². The van der Waals surface area contributed by atoms with Gasteiger partial charge in [-0.05, 0) is 34.1 Å². The van der Waals surface area contributed by atoms with Gasteiger partial charge in [0.15, 0.2) is 5.76 Å².